The van der Waals surface area contributed by atoms with E-state index in [1.807, 2.05) is 36.4 Å². The van der Waals surface area contributed by atoms with E-state index >= 15 is 0 Å². The molecule has 138 valence electrons. The van der Waals surface area contributed by atoms with Crippen LogP contribution in [-0.2, 0) is 0 Å². The largest absolute Gasteiger partial charge is 0.441 e. The van der Waals surface area contributed by atoms with Crippen molar-refractivity contribution in [2.45, 2.75) is 0 Å². The number of carbonyl (C=O) groups is 1. The summed E-state index contributed by atoms with van der Waals surface area (Å²) < 4.78 is 5.42. The molecule has 28 heavy (non-hydrogen) atoms. The Morgan fingerprint density at radius 3 is 2.39 bits per heavy atom. The van der Waals surface area contributed by atoms with E-state index in [-0.39, 0.29) is 17.2 Å². The summed E-state index contributed by atoms with van der Waals surface area (Å²) in [5.74, 6) is -0.138. The summed E-state index contributed by atoms with van der Waals surface area (Å²) in [6.07, 6.45) is 0. The maximum Gasteiger partial charge on any atom is 0.255 e. The number of para-hydroxylation sites is 1. The molecule has 3 aromatic carbocycles. The third-order valence-electron chi connectivity index (χ3n) is 4.19. The molecule has 0 aliphatic heterocycles. The van der Waals surface area contributed by atoms with Crippen LogP contribution >= 0.6 is 0 Å². The Morgan fingerprint density at radius 2 is 1.57 bits per heavy atom. The van der Waals surface area contributed by atoms with Crippen molar-refractivity contribution in [3.8, 4) is 0 Å². The number of hydrogen-bond donors (Lipinski definition) is 3. The van der Waals surface area contributed by atoms with Crippen LogP contribution in [-0.4, -0.2) is 5.91 Å². The summed E-state index contributed by atoms with van der Waals surface area (Å²) in [7, 11) is 0. The molecule has 0 saturated heterocycles. The van der Waals surface area contributed by atoms with Crippen LogP contribution in [0.25, 0.3) is 11.0 Å². The molecule has 6 heteroatoms. The highest BCUT2D eigenvalue weighted by atomic mass is 16.3. The Hall–Kier alpha value is -4.06. The van der Waals surface area contributed by atoms with Gasteiger partial charge in [-0.25, -0.2) is 0 Å². The molecule has 0 aliphatic carbocycles. The van der Waals surface area contributed by atoms with Gasteiger partial charge < -0.3 is 20.8 Å². The number of nitrogens with two attached hydrogens (primary N) is 1. The number of carbonyl (C=O) groups excluding carboxylic acids is 1. The van der Waals surface area contributed by atoms with E-state index in [9.17, 15) is 9.59 Å². The van der Waals surface area contributed by atoms with Gasteiger partial charge in [0.25, 0.3) is 5.91 Å². The summed E-state index contributed by atoms with van der Waals surface area (Å²) >= 11 is 0. The normalized spacial score (nSPS) is 10.6. The smallest absolute Gasteiger partial charge is 0.255 e. The predicted molar refractivity (Wildman–Crippen MR) is 111 cm³/mol. The van der Waals surface area contributed by atoms with Gasteiger partial charge in [0.05, 0.1) is 5.39 Å². The van der Waals surface area contributed by atoms with Crippen molar-refractivity contribution in [2.75, 3.05) is 16.4 Å². The van der Waals surface area contributed by atoms with E-state index in [2.05, 4.69) is 10.6 Å². The van der Waals surface area contributed by atoms with Gasteiger partial charge in [-0.15, -0.1) is 0 Å². The molecule has 0 spiro atoms. The van der Waals surface area contributed by atoms with Crippen molar-refractivity contribution < 1.29 is 9.21 Å². The summed E-state index contributed by atoms with van der Waals surface area (Å²) in [6.45, 7) is 0. The number of nitrogens with one attached hydrogen (secondary N) is 2. The third-order valence-corrected chi connectivity index (χ3v) is 4.19. The Labute approximate surface area is 160 Å². The van der Waals surface area contributed by atoms with Crippen LogP contribution in [0.5, 0.6) is 0 Å². The molecule has 6 nitrogen and oxygen atoms in total. The molecule has 0 aliphatic rings. The van der Waals surface area contributed by atoms with E-state index in [0.717, 1.165) is 11.4 Å². The number of fused-ring (bicyclic) bond motifs is 1. The fourth-order valence-electron chi connectivity index (χ4n) is 2.88. The van der Waals surface area contributed by atoms with Gasteiger partial charge in [0.2, 0.25) is 0 Å². The van der Waals surface area contributed by atoms with E-state index in [0.29, 0.717) is 22.2 Å². The first-order valence-electron chi connectivity index (χ1n) is 8.65. The number of rotatable bonds is 4. The lowest BCUT2D eigenvalue weighted by molar-refractivity contribution is 0.102. The average Bonchev–Trinajstić information content (AvgIpc) is 2.68. The molecule has 0 fully saturated rings. The highest BCUT2D eigenvalue weighted by molar-refractivity contribution is 6.04. The van der Waals surface area contributed by atoms with Gasteiger partial charge in [0.1, 0.15) is 5.58 Å². The van der Waals surface area contributed by atoms with Gasteiger partial charge in [-0.05, 0) is 42.5 Å². The zero-order valence-electron chi connectivity index (χ0n) is 14.8. The molecule has 0 unspecified atom stereocenters. The number of benzene rings is 3. The first kappa shape index (κ1) is 17.4. The topological polar surface area (TPSA) is 97.4 Å². The zero-order valence-corrected chi connectivity index (χ0v) is 14.8. The van der Waals surface area contributed by atoms with Crippen molar-refractivity contribution >= 4 is 39.8 Å². The minimum atomic E-state index is -0.202. The predicted octanol–water partition coefficient (Wildman–Crippen LogP) is 4.37. The lowest BCUT2D eigenvalue weighted by atomic mass is 10.1. The van der Waals surface area contributed by atoms with E-state index in [1.165, 1.54) is 6.07 Å². The van der Waals surface area contributed by atoms with E-state index in [1.54, 1.807) is 36.4 Å². The number of nitrogen functional groups attached to an aromatic ring is 1. The number of anilines is 4. The maximum atomic E-state index is 12.5. The van der Waals surface area contributed by atoms with Gasteiger partial charge in [-0.3, -0.25) is 9.59 Å². The first-order valence-corrected chi connectivity index (χ1v) is 8.65. The van der Waals surface area contributed by atoms with Gasteiger partial charge in [0, 0.05) is 34.8 Å². The molecule has 4 rings (SSSR count). The van der Waals surface area contributed by atoms with Gasteiger partial charge in [-0.2, -0.15) is 0 Å². The molecule has 1 amide bonds. The Kier molecular flexibility index (Phi) is 4.51. The molecule has 1 heterocycles. The first-order chi connectivity index (χ1) is 13.6. The second kappa shape index (κ2) is 7.28. The highest BCUT2D eigenvalue weighted by Gasteiger charge is 2.08. The highest BCUT2D eigenvalue weighted by Crippen LogP contribution is 2.23. The van der Waals surface area contributed by atoms with Gasteiger partial charge in [-0.1, -0.05) is 24.3 Å². The fraction of sp³-hybridized carbons (Fsp3) is 0. The monoisotopic (exact) mass is 371 g/mol. The number of hydrogen-bond acceptors (Lipinski definition) is 5. The van der Waals surface area contributed by atoms with Crippen LogP contribution in [0.3, 0.4) is 0 Å². The van der Waals surface area contributed by atoms with E-state index in [4.69, 9.17) is 10.2 Å². The Morgan fingerprint density at radius 1 is 0.821 bits per heavy atom. The zero-order chi connectivity index (χ0) is 19.5. The molecular weight excluding hydrogens is 354 g/mol. The van der Waals surface area contributed by atoms with Crippen LogP contribution in [0.15, 0.2) is 88.1 Å². The standard InChI is InChI=1S/C22H17N3O3/c23-21-13-19(26)18-10-9-17(12-20(18)28-21)24-16-8-4-5-14(11-16)22(27)25-15-6-2-1-3-7-15/h1-13,24H,23H2,(H,25,27). The summed E-state index contributed by atoms with van der Waals surface area (Å²) in [4.78, 5) is 24.4. The van der Waals surface area contributed by atoms with Crippen molar-refractivity contribution in [3.05, 3.63) is 94.6 Å². The third kappa shape index (κ3) is 3.71. The molecule has 4 aromatic rings. The average molecular weight is 371 g/mol. The minimum absolute atomic E-state index is 0.0641. The quantitative estimate of drug-likeness (QED) is 0.495. The second-order valence-electron chi connectivity index (χ2n) is 6.25. The Balaban J connectivity index is 1.57. The van der Waals surface area contributed by atoms with Crippen molar-refractivity contribution in [2.24, 2.45) is 0 Å². The fourth-order valence-corrected chi connectivity index (χ4v) is 2.88. The summed E-state index contributed by atoms with van der Waals surface area (Å²) in [5.41, 5.74) is 8.51. The van der Waals surface area contributed by atoms with Crippen LogP contribution in [0.4, 0.5) is 22.9 Å². The molecular formula is C22H17N3O3. The second-order valence-corrected chi connectivity index (χ2v) is 6.25. The van der Waals surface area contributed by atoms with Crippen LogP contribution < -0.4 is 21.8 Å². The van der Waals surface area contributed by atoms with Gasteiger partial charge in [0.15, 0.2) is 11.3 Å². The number of amides is 1. The molecule has 0 atom stereocenters. The molecule has 4 N–H and O–H groups in total. The molecule has 0 bridgehead atoms. The molecule has 1 aromatic heterocycles. The van der Waals surface area contributed by atoms with Crippen LogP contribution in [0.1, 0.15) is 10.4 Å². The lowest BCUT2D eigenvalue weighted by Crippen LogP contribution is -2.11. The lowest BCUT2D eigenvalue weighted by Gasteiger charge is -2.10. The maximum absolute atomic E-state index is 12.5. The Bertz CT molecular complexity index is 1220. The van der Waals surface area contributed by atoms with Crippen molar-refractivity contribution in [1.29, 1.82) is 0 Å². The minimum Gasteiger partial charge on any atom is -0.441 e. The van der Waals surface area contributed by atoms with Crippen LogP contribution in [0, 0.1) is 0 Å². The van der Waals surface area contributed by atoms with E-state index < -0.39 is 0 Å². The van der Waals surface area contributed by atoms with Gasteiger partial charge >= 0.3 is 0 Å². The summed E-state index contributed by atoms with van der Waals surface area (Å²) in [6, 6.07) is 22.8. The van der Waals surface area contributed by atoms with Crippen molar-refractivity contribution in [3.63, 3.8) is 0 Å². The summed E-state index contributed by atoms with van der Waals surface area (Å²) in [5, 5.41) is 6.52. The SMILES string of the molecule is Nc1cc(=O)c2ccc(Nc3cccc(C(=O)Nc4ccccc4)c3)cc2o1. The van der Waals surface area contributed by atoms with Crippen LogP contribution in [0.2, 0.25) is 0 Å². The van der Waals surface area contributed by atoms with Crippen molar-refractivity contribution in [1.82, 2.24) is 0 Å². The molecule has 0 radical (unpaired) electrons. The molecule has 0 saturated carbocycles.